The second-order valence-corrected chi connectivity index (χ2v) is 21.8. The quantitative estimate of drug-likeness (QED) is 0.130. The average molecular weight is 947 g/mol. The monoisotopic (exact) mass is 945 g/mol. The Labute approximate surface area is 405 Å². The molecule has 17 heteroatoms. The van der Waals surface area contributed by atoms with Crippen LogP contribution < -0.4 is 40.0 Å². The van der Waals surface area contributed by atoms with Crippen LogP contribution in [-0.4, -0.2) is 104 Å². The largest absolute Gasteiger partial charge is 1.00 e. The number of Topliss-reactive ketones (excluding diaryl/α,β-unsaturated/α-hetero) is 1. The van der Waals surface area contributed by atoms with E-state index < -0.39 is 105 Å². The Morgan fingerprint density at radius 1 is 0.935 bits per heavy atom. The zero-order valence-electron chi connectivity index (χ0n) is 38.6. The van der Waals surface area contributed by atoms with Crippen molar-refractivity contribution in [2.24, 2.45) is 41.4 Å². The molecular formula is C45H71Cl3NNaO12. The number of carbonyl (C=O) groups excluding carboxylic acids is 3. The summed E-state index contributed by atoms with van der Waals surface area (Å²) in [6.07, 6.45) is 4.50. The van der Waals surface area contributed by atoms with Crippen molar-refractivity contribution in [1.82, 2.24) is 5.32 Å². The van der Waals surface area contributed by atoms with Gasteiger partial charge in [-0.3, -0.25) is 4.79 Å². The molecule has 4 saturated heterocycles. The van der Waals surface area contributed by atoms with Crippen molar-refractivity contribution >= 4 is 52.6 Å². The van der Waals surface area contributed by atoms with Gasteiger partial charge < -0.3 is 53.9 Å². The number of ether oxygens (including phenoxy) is 6. The predicted octanol–water partition coefficient (Wildman–Crippen LogP) is 3.96. The molecule has 13 nitrogen and oxygen atoms in total. The van der Waals surface area contributed by atoms with Gasteiger partial charge in [-0.25, -0.2) is 4.79 Å². The minimum Gasteiger partial charge on any atom is -0.550 e. The van der Waals surface area contributed by atoms with Gasteiger partial charge in [0.2, 0.25) is 3.79 Å². The third-order valence-electron chi connectivity index (χ3n) is 15.1. The van der Waals surface area contributed by atoms with Crippen LogP contribution in [0, 0.1) is 41.4 Å². The van der Waals surface area contributed by atoms with E-state index in [0.717, 1.165) is 6.42 Å². The van der Waals surface area contributed by atoms with Gasteiger partial charge in [-0.15, -0.1) is 0 Å². The zero-order chi connectivity index (χ0) is 45.5. The Morgan fingerprint density at radius 2 is 1.60 bits per heavy atom. The van der Waals surface area contributed by atoms with Crippen LogP contribution in [-0.2, 0) is 38.0 Å². The molecule has 0 aromatic carbocycles. The summed E-state index contributed by atoms with van der Waals surface area (Å²) in [5, 5.41) is 37.8. The van der Waals surface area contributed by atoms with Gasteiger partial charge in [-0.05, 0) is 89.5 Å². The van der Waals surface area contributed by atoms with E-state index in [0.29, 0.717) is 57.8 Å². The second-order valence-electron chi connectivity index (χ2n) is 19.3. The maximum absolute atomic E-state index is 14.6. The molecule has 0 aromatic heterocycles. The fourth-order valence-electron chi connectivity index (χ4n) is 11.0. The Morgan fingerprint density at radius 3 is 2.18 bits per heavy atom. The van der Waals surface area contributed by atoms with Gasteiger partial charge in [-0.1, -0.05) is 96.3 Å². The first-order chi connectivity index (χ1) is 28.4. The molecule has 5 aliphatic rings. The molecule has 1 amide bonds. The molecule has 5 rings (SSSR count). The van der Waals surface area contributed by atoms with E-state index in [4.69, 9.17) is 63.2 Å². The molecule has 0 aromatic rings. The van der Waals surface area contributed by atoms with E-state index in [2.05, 4.69) is 12.2 Å². The van der Waals surface area contributed by atoms with Crippen LogP contribution in [0.15, 0.2) is 12.2 Å². The summed E-state index contributed by atoms with van der Waals surface area (Å²) in [4.78, 5) is 39.7. The van der Waals surface area contributed by atoms with Crippen LogP contribution in [0.25, 0.3) is 0 Å². The van der Waals surface area contributed by atoms with Crippen molar-refractivity contribution in [2.75, 3.05) is 6.61 Å². The molecule has 350 valence electrons. The summed E-state index contributed by atoms with van der Waals surface area (Å²) >= 11 is 17.6. The molecule has 0 unspecified atom stereocenters. The van der Waals surface area contributed by atoms with E-state index in [-0.39, 0.29) is 59.2 Å². The van der Waals surface area contributed by atoms with Gasteiger partial charge in [0.1, 0.15) is 18.4 Å². The molecule has 4 fully saturated rings. The van der Waals surface area contributed by atoms with Crippen LogP contribution >= 0.6 is 34.8 Å². The predicted molar refractivity (Wildman–Crippen MR) is 229 cm³/mol. The maximum Gasteiger partial charge on any atom is 1.00 e. The average Bonchev–Trinajstić information content (AvgIpc) is 3.54. The van der Waals surface area contributed by atoms with E-state index in [1.165, 1.54) is 0 Å². The second kappa shape index (κ2) is 21.4. The normalized spacial score (nSPS) is 41.1. The fraction of sp³-hybridized carbons (Fsp3) is 0.889. The molecule has 5 aliphatic heterocycles. The van der Waals surface area contributed by atoms with Crippen molar-refractivity contribution in [3.8, 4) is 0 Å². The Balaban J connectivity index is 0.00000845. The number of ketones is 1. The zero-order valence-corrected chi connectivity index (χ0v) is 42.9. The molecule has 5 heterocycles. The topological polar surface area (TPSA) is 182 Å². The molecule has 2 spiro atoms. The van der Waals surface area contributed by atoms with Crippen molar-refractivity contribution in [1.29, 1.82) is 0 Å². The number of carboxylic acid groups (broad SMARTS) is 1. The first-order valence-corrected chi connectivity index (χ1v) is 23.8. The fourth-order valence-corrected chi connectivity index (χ4v) is 11.1. The first kappa shape index (κ1) is 54.3. The number of alkyl carbamates (subject to hydrolysis) is 1. The minimum absolute atomic E-state index is 0. The van der Waals surface area contributed by atoms with E-state index in [1.807, 2.05) is 48.5 Å². The minimum atomic E-state index is -1.82. The number of amides is 1. The van der Waals surface area contributed by atoms with Gasteiger partial charge in [0.05, 0.1) is 47.8 Å². The van der Waals surface area contributed by atoms with E-state index >= 15 is 0 Å². The van der Waals surface area contributed by atoms with Gasteiger partial charge in [0.15, 0.2) is 11.6 Å². The van der Waals surface area contributed by atoms with Crippen LogP contribution in [0.1, 0.15) is 133 Å². The number of aliphatic hydroxyl groups excluding tert-OH is 1. The summed E-state index contributed by atoms with van der Waals surface area (Å²) < 4.78 is 37.6. The van der Waals surface area contributed by atoms with Gasteiger partial charge in [0.25, 0.3) is 0 Å². The number of halogens is 3. The Kier molecular flexibility index (Phi) is 18.7. The third kappa shape index (κ3) is 11.5. The smallest absolute Gasteiger partial charge is 0.550 e. The number of carbonyl (C=O) groups is 3. The molecule has 18 atom stereocenters. The molecule has 0 bridgehead atoms. The summed E-state index contributed by atoms with van der Waals surface area (Å²) in [5.41, 5.74) is -1.83. The molecule has 0 saturated carbocycles. The van der Waals surface area contributed by atoms with Crippen LogP contribution in [0.2, 0.25) is 0 Å². The number of alkyl halides is 3. The third-order valence-corrected chi connectivity index (χ3v) is 15.4. The molecule has 0 radical (unpaired) electrons. The number of hydrogen-bond acceptors (Lipinski definition) is 12. The van der Waals surface area contributed by atoms with E-state index in [9.17, 15) is 29.7 Å². The molecule has 0 aliphatic carbocycles. The van der Waals surface area contributed by atoms with Gasteiger partial charge in [-0.2, -0.15) is 0 Å². The SMILES string of the molecule is CC[C@@H](C(=O)[C@@H](C)[C@@H](O)[C@H](C)[C@@H]1O[C@@H]([C@@H](CC)C(=O)[O-])CC[C@@H]1C)[C@H]1O[C@]2(C=C[C@H](NC(=O)OCC(Cl)(Cl)Cl)[C@]3(CC[C@@](C)([C@H]4CC[C@](O)(CC)[C@H](C)O4)O3)O2)[C@H](C)C[C@@H]1C.[Na+]. The van der Waals surface area contributed by atoms with Gasteiger partial charge >= 0.3 is 35.7 Å². The summed E-state index contributed by atoms with van der Waals surface area (Å²) in [6, 6.07) is -0.867. The first-order valence-electron chi connectivity index (χ1n) is 22.6. The van der Waals surface area contributed by atoms with Crippen molar-refractivity contribution in [2.45, 2.75) is 203 Å². The van der Waals surface area contributed by atoms with Crippen molar-refractivity contribution < 1.29 is 87.7 Å². The molecular weight excluding hydrogens is 876 g/mol. The number of hydrogen-bond donors (Lipinski definition) is 3. The van der Waals surface area contributed by atoms with Crippen LogP contribution in [0.5, 0.6) is 0 Å². The molecule has 62 heavy (non-hydrogen) atoms. The van der Waals surface area contributed by atoms with Crippen LogP contribution in [0.4, 0.5) is 4.79 Å². The summed E-state index contributed by atoms with van der Waals surface area (Å²) in [5.74, 6) is -6.96. The summed E-state index contributed by atoms with van der Waals surface area (Å²) in [7, 11) is 0. The number of carboxylic acids is 1. The number of rotatable bonds is 14. The molecule has 3 N–H and O–H groups in total. The Bertz CT molecular complexity index is 1590. The van der Waals surface area contributed by atoms with Crippen molar-refractivity contribution in [3.05, 3.63) is 12.2 Å². The summed E-state index contributed by atoms with van der Waals surface area (Å²) in [6.45, 7) is 18.7. The van der Waals surface area contributed by atoms with Gasteiger partial charge in [0, 0.05) is 42.0 Å². The van der Waals surface area contributed by atoms with Crippen molar-refractivity contribution in [3.63, 3.8) is 0 Å². The standard InChI is InChI=1S/C45H72Cl3NO12.Na/c1-11-30(39(52)53)32-15-14-24(4)37(58-32)28(8)35(50)27(7)36(51)31(12-2)38-25(5)22-26(6)43(59-38)19-16-33(49-40(54)56-23-45(46,47)48)44(61-43)21-20-41(10,60-44)34-17-18-42(55,13-3)29(9)57-34;/h16,19,24-35,37-38,50,55H,11-15,17-18,20-23H2,1-10H3,(H,49,54)(H,52,53);/q;+1/p-1/t24-,25-,26+,27-,28-,29-,30+,31-,32+,33-,34+,35+,37+,38-,41-,42+,43-,44-;/m0./s1. The van der Waals surface area contributed by atoms with Crippen LogP contribution in [0.3, 0.4) is 0 Å². The number of aliphatic hydroxyl groups is 2. The number of aliphatic carboxylic acids is 1. The Hall–Kier alpha value is -0.260. The maximum atomic E-state index is 14.6. The number of nitrogens with one attached hydrogen (secondary N) is 1. The van der Waals surface area contributed by atoms with E-state index in [1.54, 1.807) is 26.0 Å².